The van der Waals surface area contributed by atoms with Gasteiger partial charge in [0.15, 0.2) is 11.6 Å². The molecule has 0 saturated heterocycles. The summed E-state index contributed by atoms with van der Waals surface area (Å²) in [4.78, 5) is 25.0. The SMILES string of the molecule is O=C1c2ccccc2C(=O)C1c1cnn(-c2ccccc2)c1. The van der Waals surface area contributed by atoms with E-state index in [1.807, 2.05) is 30.3 Å². The Balaban J connectivity index is 1.74. The highest BCUT2D eigenvalue weighted by Gasteiger charge is 2.39. The van der Waals surface area contributed by atoms with E-state index in [1.54, 1.807) is 41.3 Å². The van der Waals surface area contributed by atoms with Crippen molar-refractivity contribution in [1.82, 2.24) is 9.78 Å². The minimum absolute atomic E-state index is 0.145. The van der Waals surface area contributed by atoms with Crippen molar-refractivity contribution in [3.05, 3.63) is 83.7 Å². The Morgan fingerprint density at radius 3 is 2.05 bits per heavy atom. The molecule has 1 aromatic heterocycles. The van der Waals surface area contributed by atoms with Crippen LogP contribution in [0, 0.1) is 0 Å². The largest absolute Gasteiger partial charge is 0.293 e. The second-order valence-electron chi connectivity index (χ2n) is 5.26. The molecule has 22 heavy (non-hydrogen) atoms. The molecule has 3 aromatic rings. The Hall–Kier alpha value is -3.01. The van der Waals surface area contributed by atoms with Crippen molar-refractivity contribution in [3.63, 3.8) is 0 Å². The fourth-order valence-corrected chi connectivity index (χ4v) is 2.85. The van der Waals surface area contributed by atoms with Gasteiger partial charge in [0.05, 0.1) is 11.9 Å². The number of fused-ring (bicyclic) bond motifs is 1. The molecular weight excluding hydrogens is 276 g/mol. The van der Waals surface area contributed by atoms with Gasteiger partial charge in [-0.15, -0.1) is 0 Å². The summed E-state index contributed by atoms with van der Waals surface area (Å²) in [6.45, 7) is 0. The normalized spacial score (nSPS) is 14.4. The Morgan fingerprint density at radius 2 is 1.41 bits per heavy atom. The lowest BCUT2D eigenvalue weighted by Gasteiger charge is -2.03. The van der Waals surface area contributed by atoms with E-state index in [9.17, 15) is 9.59 Å². The van der Waals surface area contributed by atoms with Gasteiger partial charge in [-0.3, -0.25) is 9.59 Å². The number of nitrogens with zero attached hydrogens (tertiary/aromatic N) is 2. The van der Waals surface area contributed by atoms with Crippen LogP contribution in [0.25, 0.3) is 5.69 Å². The molecule has 106 valence electrons. The van der Waals surface area contributed by atoms with Gasteiger partial charge in [0.1, 0.15) is 5.92 Å². The van der Waals surface area contributed by atoms with Crippen LogP contribution in [0.1, 0.15) is 32.2 Å². The maximum absolute atomic E-state index is 12.5. The number of rotatable bonds is 2. The average Bonchev–Trinajstić information content (AvgIpc) is 3.13. The molecule has 0 amide bonds. The zero-order valence-electron chi connectivity index (χ0n) is 11.6. The van der Waals surface area contributed by atoms with Crippen molar-refractivity contribution in [2.24, 2.45) is 0 Å². The van der Waals surface area contributed by atoms with Crippen LogP contribution in [0.3, 0.4) is 0 Å². The number of Topliss-reactive ketones (excluding diaryl/α,β-unsaturated/α-hetero) is 2. The monoisotopic (exact) mass is 288 g/mol. The summed E-state index contributed by atoms with van der Waals surface area (Å²) in [5.74, 6) is -1.06. The molecule has 0 atom stereocenters. The molecule has 1 aliphatic carbocycles. The molecule has 0 radical (unpaired) electrons. The first-order chi connectivity index (χ1) is 10.8. The minimum atomic E-state index is -0.769. The molecule has 1 aliphatic rings. The first-order valence-electron chi connectivity index (χ1n) is 7.03. The lowest BCUT2D eigenvalue weighted by atomic mass is 9.97. The molecule has 0 bridgehead atoms. The predicted molar refractivity (Wildman–Crippen MR) is 81.4 cm³/mol. The highest BCUT2D eigenvalue weighted by molar-refractivity contribution is 6.29. The molecule has 0 spiro atoms. The Bertz CT molecular complexity index is 846. The van der Waals surface area contributed by atoms with E-state index in [0.717, 1.165) is 5.69 Å². The third-order valence-electron chi connectivity index (χ3n) is 3.94. The highest BCUT2D eigenvalue weighted by atomic mass is 16.2. The van der Waals surface area contributed by atoms with Gasteiger partial charge < -0.3 is 0 Å². The van der Waals surface area contributed by atoms with E-state index in [4.69, 9.17) is 0 Å². The summed E-state index contributed by atoms with van der Waals surface area (Å²) in [7, 11) is 0. The number of carbonyl (C=O) groups excluding carboxylic acids is 2. The molecule has 0 N–H and O–H groups in total. The summed E-state index contributed by atoms with van der Waals surface area (Å²) in [6.07, 6.45) is 3.35. The van der Waals surface area contributed by atoms with Gasteiger partial charge in [0.25, 0.3) is 0 Å². The molecular formula is C18H12N2O2. The van der Waals surface area contributed by atoms with Gasteiger partial charge in [-0.1, -0.05) is 42.5 Å². The zero-order valence-corrected chi connectivity index (χ0v) is 11.6. The van der Waals surface area contributed by atoms with E-state index >= 15 is 0 Å². The van der Waals surface area contributed by atoms with Crippen LogP contribution in [0.5, 0.6) is 0 Å². The van der Waals surface area contributed by atoms with Crippen molar-refractivity contribution >= 4 is 11.6 Å². The highest BCUT2D eigenvalue weighted by Crippen LogP contribution is 2.33. The van der Waals surface area contributed by atoms with Crippen LogP contribution < -0.4 is 0 Å². The number of hydrogen-bond acceptors (Lipinski definition) is 3. The Morgan fingerprint density at radius 1 is 0.818 bits per heavy atom. The molecule has 0 unspecified atom stereocenters. The molecule has 1 heterocycles. The maximum atomic E-state index is 12.5. The smallest absolute Gasteiger partial charge is 0.178 e. The molecule has 4 heteroatoms. The summed E-state index contributed by atoms with van der Waals surface area (Å²) in [5, 5.41) is 4.27. The third-order valence-corrected chi connectivity index (χ3v) is 3.94. The first-order valence-corrected chi connectivity index (χ1v) is 7.03. The quantitative estimate of drug-likeness (QED) is 0.681. The van der Waals surface area contributed by atoms with E-state index in [2.05, 4.69) is 5.10 Å². The third kappa shape index (κ3) is 1.81. The van der Waals surface area contributed by atoms with Gasteiger partial charge in [-0.25, -0.2) is 4.68 Å². The van der Waals surface area contributed by atoms with Crippen LogP contribution in [-0.2, 0) is 0 Å². The van der Waals surface area contributed by atoms with Crippen LogP contribution in [0.4, 0.5) is 0 Å². The number of carbonyl (C=O) groups is 2. The number of para-hydroxylation sites is 1. The predicted octanol–water partition coefficient (Wildman–Crippen LogP) is 3.04. The van der Waals surface area contributed by atoms with Crippen LogP contribution in [-0.4, -0.2) is 21.3 Å². The molecule has 4 nitrogen and oxygen atoms in total. The van der Waals surface area contributed by atoms with E-state index < -0.39 is 5.92 Å². The van der Waals surface area contributed by atoms with Crippen LogP contribution in [0.15, 0.2) is 67.0 Å². The van der Waals surface area contributed by atoms with Crippen molar-refractivity contribution < 1.29 is 9.59 Å². The van der Waals surface area contributed by atoms with Crippen LogP contribution in [0.2, 0.25) is 0 Å². The first kappa shape index (κ1) is 12.7. The van der Waals surface area contributed by atoms with Crippen molar-refractivity contribution in [2.75, 3.05) is 0 Å². The van der Waals surface area contributed by atoms with Gasteiger partial charge in [0, 0.05) is 22.9 Å². The molecule has 0 saturated carbocycles. The fraction of sp³-hybridized carbons (Fsp3) is 0.0556. The van der Waals surface area contributed by atoms with Crippen molar-refractivity contribution in [3.8, 4) is 5.69 Å². The van der Waals surface area contributed by atoms with Gasteiger partial charge >= 0.3 is 0 Å². The fourth-order valence-electron chi connectivity index (χ4n) is 2.85. The number of hydrogen-bond donors (Lipinski definition) is 0. The molecule has 2 aromatic carbocycles. The topological polar surface area (TPSA) is 52.0 Å². The maximum Gasteiger partial charge on any atom is 0.178 e. The second-order valence-corrected chi connectivity index (χ2v) is 5.26. The van der Waals surface area contributed by atoms with Crippen LogP contribution >= 0.6 is 0 Å². The molecule has 4 rings (SSSR count). The number of ketones is 2. The van der Waals surface area contributed by atoms with Crippen molar-refractivity contribution in [1.29, 1.82) is 0 Å². The summed E-state index contributed by atoms with van der Waals surface area (Å²) in [6, 6.07) is 16.6. The standard InChI is InChI=1S/C18H12N2O2/c21-17-14-8-4-5-9-15(14)18(22)16(17)12-10-19-20(11-12)13-6-2-1-3-7-13/h1-11,16H. The zero-order chi connectivity index (χ0) is 15.1. The summed E-state index contributed by atoms with van der Waals surface area (Å²) < 4.78 is 1.68. The second kappa shape index (κ2) is 4.77. The Kier molecular flexibility index (Phi) is 2.76. The van der Waals surface area contributed by atoms with E-state index in [1.165, 1.54) is 0 Å². The number of aromatic nitrogens is 2. The van der Waals surface area contributed by atoms with E-state index in [-0.39, 0.29) is 11.6 Å². The minimum Gasteiger partial charge on any atom is -0.293 e. The van der Waals surface area contributed by atoms with E-state index in [0.29, 0.717) is 16.7 Å². The number of benzene rings is 2. The average molecular weight is 288 g/mol. The molecule has 0 fully saturated rings. The van der Waals surface area contributed by atoms with Crippen molar-refractivity contribution in [2.45, 2.75) is 5.92 Å². The lowest BCUT2D eigenvalue weighted by Crippen LogP contribution is -2.12. The Labute approximate surface area is 127 Å². The van der Waals surface area contributed by atoms with Gasteiger partial charge in [0.2, 0.25) is 0 Å². The molecule has 0 aliphatic heterocycles. The van der Waals surface area contributed by atoms with Gasteiger partial charge in [-0.2, -0.15) is 5.10 Å². The summed E-state index contributed by atoms with van der Waals surface area (Å²) >= 11 is 0. The lowest BCUT2D eigenvalue weighted by molar-refractivity contribution is 0.0890. The van der Waals surface area contributed by atoms with Gasteiger partial charge in [-0.05, 0) is 12.1 Å². The summed E-state index contributed by atoms with van der Waals surface area (Å²) in [5.41, 5.74) is 2.54.